The van der Waals surface area contributed by atoms with E-state index in [9.17, 15) is 0 Å². The van der Waals surface area contributed by atoms with Gasteiger partial charge in [0.1, 0.15) is 11.9 Å². The fourth-order valence-electron chi connectivity index (χ4n) is 2.93. The van der Waals surface area contributed by atoms with Crippen LogP contribution in [0.2, 0.25) is 5.02 Å². The Balaban J connectivity index is 1.89. The molecule has 0 saturated carbocycles. The van der Waals surface area contributed by atoms with Crippen LogP contribution in [0, 0.1) is 30.1 Å². The van der Waals surface area contributed by atoms with Crippen molar-refractivity contribution in [3.63, 3.8) is 0 Å². The van der Waals surface area contributed by atoms with Crippen molar-refractivity contribution in [1.29, 1.82) is 5.26 Å². The fourth-order valence-corrected chi connectivity index (χ4v) is 3.20. The molecule has 0 amide bonds. The number of pyridine rings is 1. The monoisotopic (exact) mass is 262 g/mol. The second-order valence-corrected chi connectivity index (χ2v) is 5.53. The van der Waals surface area contributed by atoms with Crippen molar-refractivity contribution < 1.29 is 0 Å². The average Bonchev–Trinajstić information content (AvgIpc) is 2.91. The van der Waals surface area contributed by atoms with Gasteiger partial charge < -0.3 is 10.2 Å². The first kappa shape index (κ1) is 11.8. The number of nitrogens with zero attached hydrogens (tertiary/aromatic N) is 3. The van der Waals surface area contributed by atoms with E-state index in [2.05, 4.69) is 21.3 Å². The SMILES string of the molecule is Cc1nc(N2C[C@H]3CNC[C@H]3C2)c(Cl)cc1C#N. The number of aromatic nitrogens is 1. The van der Waals surface area contributed by atoms with E-state index < -0.39 is 0 Å². The van der Waals surface area contributed by atoms with E-state index in [4.69, 9.17) is 16.9 Å². The van der Waals surface area contributed by atoms with Gasteiger partial charge in [-0.05, 0) is 24.8 Å². The summed E-state index contributed by atoms with van der Waals surface area (Å²) in [5.41, 5.74) is 1.32. The Bertz CT molecular complexity index is 510. The average molecular weight is 263 g/mol. The number of nitrogens with one attached hydrogen (secondary N) is 1. The number of fused-ring (bicyclic) bond motifs is 1. The standard InChI is InChI=1S/C13H15ClN4/c1-8-9(3-15)2-12(14)13(17-8)18-6-10-4-16-5-11(10)7-18/h2,10-11,16H,4-7H2,1H3/t10-,11+. The van der Waals surface area contributed by atoms with Crippen molar-refractivity contribution >= 4 is 17.4 Å². The first-order valence-corrected chi connectivity index (χ1v) is 6.59. The van der Waals surface area contributed by atoms with Crippen LogP contribution in [0.5, 0.6) is 0 Å². The molecule has 0 radical (unpaired) electrons. The van der Waals surface area contributed by atoms with Crippen molar-refractivity contribution in [3.05, 3.63) is 22.3 Å². The molecule has 2 atom stereocenters. The molecule has 2 saturated heterocycles. The van der Waals surface area contributed by atoms with E-state index in [1.54, 1.807) is 6.07 Å². The number of halogens is 1. The number of rotatable bonds is 1. The Morgan fingerprint density at radius 2 is 2.11 bits per heavy atom. The van der Waals surface area contributed by atoms with Crippen molar-refractivity contribution in [3.8, 4) is 6.07 Å². The lowest BCUT2D eigenvalue weighted by Crippen LogP contribution is -2.26. The highest BCUT2D eigenvalue weighted by Crippen LogP contribution is 2.33. The minimum atomic E-state index is 0.560. The van der Waals surface area contributed by atoms with Gasteiger partial charge in [-0.25, -0.2) is 4.98 Å². The highest BCUT2D eigenvalue weighted by Gasteiger charge is 2.37. The predicted molar refractivity (Wildman–Crippen MR) is 70.8 cm³/mol. The zero-order valence-corrected chi connectivity index (χ0v) is 11.0. The molecule has 3 rings (SSSR count). The van der Waals surface area contributed by atoms with Crippen molar-refractivity contribution in [2.24, 2.45) is 11.8 Å². The second kappa shape index (κ2) is 4.42. The molecular weight excluding hydrogens is 248 g/mol. The van der Waals surface area contributed by atoms with E-state index in [1.165, 1.54) is 0 Å². The maximum absolute atomic E-state index is 8.96. The summed E-state index contributed by atoms with van der Waals surface area (Å²) in [4.78, 5) is 6.76. The minimum absolute atomic E-state index is 0.560. The summed E-state index contributed by atoms with van der Waals surface area (Å²) in [5.74, 6) is 2.25. The third-order valence-electron chi connectivity index (χ3n) is 3.96. The van der Waals surface area contributed by atoms with E-state index in [-0.39, 0.29) is 0 Å². The number of hydrogen-bond donors (Lipinski definition) is 1. The summed E-state index contributed by atoms with van der Waals surface area (Å²) in [6, 6.07) is 3.85. The number of anilines is 1. The number of hydrogen-bond acceptors (Lipinski definition) is 4. The van der Waals surface area contributed by atoms with Gasteiger partial charge in [0.25, 0.3) is 0 Å². The first-order valence-electron chi connectivity index (χ1n) is 6.22. The molecular formula is C13H15ClN4. The molecule has 5 heteroatoms. The Hall–Kier alpha value is -1.31. The van der Waals surface area contributed by atoms with E-state index in [0.29, 0.717) is 22.4 Å². The predicted octanol–water partition coefficient (Wildman–Crippen LogP) is 1.57. The normalized spacial score (nSPS) is 26.2. The molecule has 3 heterocycles. The summed E-state index contributed by atoms with van der Waals surface area (Å²) < 4.78 is 0. The zero-order valence-electron chi connectivity index (χ0n) is 10.3. The van der Waals surface area contributed by atoms with Crippen LogP contribution in [-0.2, 0) is 0 Å². The smallest absolute Gasteiger partial charge is 0.147 e. The molecule has 4 nitrogen and oxygen atoms in total. The lowest BCUT2D eigenvalue weighted by Gasteiger charge is -2.20. The summed E-state index contributed by atoms with van der Waals surface area (Å²) in [7, 11) is 0. The summed E-state index contributed by atoms with van der Waals surface area (Å²) in [5, 5.41) is 13.0. The maximum atomic E-state index is 8.96. The van der Waals surface area contributed by atoms with Gasteiger partial charge in [0, 0.05) is 26.2 Å². The van der Waals surface area contributed by atoms with Crippen LogP contribution in [0.3, 0.4) is 0 Å². The molecule has 94 valence electrons. The van der Waals surface area contributed by atoms with Gasteiger partial charge in [-0.1, -0.05) is 11.6 Å². The molecule has 18 heavy (non-hydrogen) atoms. The largest absolute Gasteiger partial charge is 0.355 e. The van der Waals surface area contributed by atoms with Crippen LogP contribution in [0.1, 0.15) is 11.3 Å². The molecule has 0 aliphatic carbocycles. The van der Waals surface area contributed by atoms with Crippen LogP contribution < -0.4 is 10.2 Å². The highest BCUT2D eigenvalue weighted by molar-refractivity contribution is 6.33. The van der Waals surface area contributed by atoms with Gasteiger partial charge >= 0.3 is 0 Å². The summed E-state index contributed by atoms with van der Waals surface area (Å²) in [6.45, 7) is 6.06. The van der Waals surface area contributed by atoms with Crippen LogP contribution >= 0.6 is 11.6 Å². The zero-order chi connectivity index (χ0) is 12.7. The molecule has 0 unspecified atom stereocenters. The van der Waals surface area contributed by atoms with Gasteiger partial charge in [-0.3, -0.25) is 0 Å². The van der Waals surface area contributed by atoms with E-state index in [0.717, 1.165) is 37.7 Å². The van der Waals surface area contributed by atoms with Gasteiger partial charge in [-0.15, -0.1) is 0 Å². The molecule has 1 N–H and O–H groups in total. The second-order valence-electron chi connectivity index (χ2n) is 5.12. The van der Waals surface area contributed by atoms with Crippen LogP contribution in [0.25, 0.3) is 0 Å². The van der Waals surface area contributed by atoms with Crippen LogP contribution in [0.4, 0.5) is 5.82 Å². The third kappa shape index (κ3) is 1.84. The third-order valence-corrected chi connectivity index (χ3v) is 4.24. The van der Waals surface area contributed by atoms with E-state index >= 15 is 0 Å². The van der Waals surface area contributed by atoms with Gasteiger partial charge in [0.15, 0.2) is 0 Å². The summed E-state index contributed by atoms with van der Waals surface area (Å²) >= 11 is 6.25. The molecule has 1 aromatic heterocycles. The molecule has 0 aromatic carbocycles. The number of nitriles is 1. The van der Waals surface area contributed by atoms with Crippen LogP contribution in [0.15, 0.2) is 6.07 Å². The van der Waals surface area contributed by atoms with Crippen LogP contribution in [-0.4, -0.2) is 31.2 Å². The summed E-state index contributed by atoms with van der Waals surface area (Å²) in [6.07, 6.45) is 0. The van der Waals surface area contributed by atoms with Gasteiger partial charge in [0.2, 0.25) is 0 Å². The lowest BCUT2D eigenvalue weighted by atomic mass is 10.0. The quantitative estimate of drug-likeness (QED) is 0.835. The van der Waals surface area contributed by atoms with Crippen molar-refractivity contribution in [2.75, 3.05) is 31.1 Å². The molecule has 2 aliphatic heterocycles. The molecule has 2 aliphatic rings. The molecule has 0 spiro atoms. The minimum Gasteiger partial charge on any atom is -0.355 e. The Morgan fingerprint density at radius 1 is 1.44 bits per heavy atom. The fraction of sp³-hybridized carbons (Fsp3) is 0.538. The topological polar surface area (TPSA) is 52.0 Å². The van der Waals surface area contributed by atoms with E-state index in [1.807, 2.05) is 6.92 Å². The molecule has 2 fully saturated rings. The molecule has 1 aromatic rings. The first-order chi connectivity index (χ1) is 8.69. The Morgan fingerprint density at radius 3 is 2.72 bits per heavy atom. The van der Waals surface area contributed by atoms with Gasteiger partial charge in [-0.2, -0.15) is 5.26 Å². The molecule has 0 bridgehead atoms. The highest BCUT2D eigenvalue weighted by atomic mass is 35.5. The number of aryl methyl sites for hydroxylation is 1. The van der Waals surface area contributed by atoms with Gasteiger partial charge in [0.05, 0.1) is 16.3 Å². The lowest BCUT2D eigenvalue weighted by molar-refractivity contribution is 0.533. The Kier molecular flexibility index (Phi) is 2.89. The maximum Gasteiger partial charge on any atom is 0.147 e. The Labute approximate surface area is 112 Å². The van der Waals surface area contributed by atoms with Crippen molar-refractivity contribution in [1.82, 2.24) is 10.3 Å². The van der Waals surface area contributed by atoms with Crippen molar-refractivity contribution in [2.45, 2.75) is 6.92 Å².